The number of carbonyl (C=O) groups is 1. The number of hydrogen-bond acceptors (Lipinski definition) is 5. The summed E-state index contributed by atoms with van der Waals surface area (Å²) in [5.41, 5.74) is 5.79. The van der Waals surface area contributed by atoms with Crippen LogP contribution in [-0.4, -0.2) is 24.0 Å². The number of carbonyl (C=O) groups excluding carboxylic acids is 1. The predicted molar refractivity (Wildman–Crippen MR) is 71.1 cm³/mol. The highest BCUT2D eigenvalue weighted by Crippen LogP contribution is 2.29. The number of amides is 1. The van der Waals surface area contributed by atoms with Crippen LogP contribution >= 0.6 is 0 Å². The smallest absolute Gasteiger partial charge is 0.312 e. The molecule has 0 saturated heterocycles. The van der Waals surface area contributed by atoms with E-state index in [4.69, 9.17) is 10.5 Å². The van der Waals surface area contributed by atoms with Crippen LogP contribution in [0.25, 0.3) is 0 Å². The molecule has 0 spiro atoms. The van der Waals surface area contributed by atoms with Crippen LogP contribution in [0.15, 0.2) is 18.2 Å². The Morgan fingerprint density at radius 2 is 2.11 bits per heavy atom. The van der Waals surface area contributed by atoms with Gasteiger partial charge in [-0.15, -0.1) is 0 Å². The maximum atomic E-state index is 11.8. The normalized spacial score (nSPS) is 12.1. The number of nitrogens with zero attached hydrogens (tertiary/aromatic N) is 1. The highest BCUT2D eigenvalue weighted by atomic mass is 16.6. The first-order valence-electron chi connectivity index (χ1n) is 5.75. The van der Waals surface area contributed by atoms with Crippen molar-refractivity contribution in [2.45, 2.75) is 19.9 Å². The van der Waals surface area contributed by atoms with Gasteiger partial charge in [0.2, 0.25) is 5.91 Å². The Kier molecular flexibility index (Phi) is 4.82. The zero-order chi connectivity index (χ0) is 14.6. The molecule has 7 heteroatoms. The first-order valence-corrected chi connectivity index (χ1v) is 5.75. The van der Waals surface area contributed by atoms with Crippen molar-refractivity contribution >= 4 is 17.3 Å². The fourth-order valence-corrected chi connectivity index (χ4v) is 1.44. The molecular weight excluding hydrogens is 250 g/mol. The van der Waals surface area contributed by atoms with Crippen molar-refractivity contribution < 1.29 is 14.5 Å². The number of ether oxygens (including phenoxy) is 1. The average molecular weight is 267 g/mol. The van der Waals surface area contributed by atoms with E-state index in [0.717, 1.165) is 0 Å². The monoisotopic (exact) mass is 267 g/mol. The number of rotatable bonds is 5. The van der Waals surface area contributed by atoms with Crippen LogP contribution in [0.1, 0.15) is 13.8 Å². The van der Waals surface area contributed by atoms with Crippen LogP contribution in [0, 0.1) is 16.0 Å². The van der Waals surface area contributed by atoms with Gasteiger partial charge >= 0.3 is 5.69 Å². The average Bonchev–Trinajstić information content (AvgIpc) is 2.37. The lowest BCUT2D eigenvalue weighted by atomic mass is 10.0. The molecule has 1 aromatic rings. The second-order valence-electron chi connectivity index (χ2n) is 4.40. The summed E-state index contributed by atoms with van der Waals surface area (Å²) < 4.78 is 4.87. The zero-order valence-electron chi connectivity index (χ0n) is 11.0. The minimum absolute atomic E-state index is 0.0202. The Hall–Kier alpha value is -2.15. The molecule has 0 aromatic heterocycles. The number of nitrogens with two attached hydrogens (primary N) is 1. The van der Waals surface area contributed by atoms with Crippen molar-refractivity contribution in [3.63, 3.8) is 0 Å². The van der Waals surface area contributed by atoms with E-state index in [1.165, 1.54) is 25.3 Å². The molecular formula is C12H17N3O4. The minimum atomic E-state index is -0.666. The van der Waals surface area contributed by atoms with Crippen molar-refractivity contribution in [2.24, 2.45) is 11.7 Å². The minimum Gasteiger partial charge on any atom is -0.490 e. The van der Waals surface area contributed by atoms with E-state index >= 15 is 0 Å². The summed E-state index contributed by atoms with van der Waals surface area (Å²) in [6.45, 7) is 3.64. The molecule has 104 valence electrons. The largest absolute Gasteiger partial charge is 0.490 e. The maximum absolute atomic E-state index is 11.8. The molecule has 1 atom stereocenters. The standard InChI is InChI=1S/C12H17N3O4/c1-7(2)11(13)12(16)14-8-4-5-10(19-3)9(6-8)15(17)18/h4-7,11H,13H2,1-3H3,(H,14,16). The Balaban J connectivity index is 2.94. The molecule has 0 fully saturated rings. The van der Waals surface area contributed by atoms with Gasteiger partial charge in [-0.25, -0.2) is 0 Å². The SMILES string of the molecule is COc1ccc(NC(=O)C(N)C(C)C)cc1[N+](=O)[O-]. The summed E-state index contributed by atoms with van der Waals surface area (Å²) in [7, 11) is 1.34. The van der Waals surface area contributed by atoms with Gasteiger partial charge in [0.15, 0.2) is 5.75 Å². The molecule has 1 aromatic carbocycles. The molecule has 7 nitrogen and oxygen atoms in total. The van der Waals surface area contributed by atoms with Crippen molar-refractivity contribution in [1.29, 1.82) is 0 Å². The number of nitrogens with one attached hydrogen (secondary N) is 1. The molecule has 3 N–H and O–H groups in total. The number of nitro groups is 1. The molecule has 0 aliphatic heterocycles. The number of benzene rings is 1. The fraction of sp³-hybridized carbons (Fsp3) is 0.417. The Labute approximate surface area is 110 Å². The molecule has 1 rings (SSSR count). The fourth-order valence-electron chi connectivity index (χ4n) is 1.44. The van der Waals surface area contributed by atoms with E-state index < -0.39 is 11.0 Å². The van der Waals surface area contributed by atoms with Gasteiger partial charge < -0.3 is 15.8 Å². The van der Waals surface area contributed by atoms with Gasteiger partial charge in [-0.3, -0.25) is 14.9 Å². The van der Waals surface area contributed by atoms with Crippen molar-refractivity contribution in [3.8, 4) is 5.75 Å². The first-order chi connectivity index (χ1) is 8.86. The van der Waals surface area contributed by atoms with Crippen LogP contribution < -0.4 is 15.8 Å². The number of methoxy groups -OCH3 is 1. The lowest BCUT2D eigenvalue weighted by Gasteiger charge is -2.15. The Morgan fingerprint density at radius 3 is 2.58 bits per heavy atom. The number of hydrogen-bond donors (Lipinski definition) is 2. The molecule has 0 aliphatic rings. The van der Waals surface area contributed by atoms with Crippen molar-refractivity contribution in [3.05, 3.63) is 28.3 Å². The molecule has 19 heavy (non-hydrogen) atoms. The van der Waals surface area contributed by atoms with Crippen LogP contribution in [0.2, 0.25) is 0 Å². The number of anilines is 1. The second-order valence-corrected chi connectivity index (χ2v) is 4.40. The van der Waals surface area contributed by atoms with Crippen LogP contribution in [-0.2, 0) is 4.79 Å². The molecule has 0 aliphatic carbocycles. The lowest BCUT2D eigenvalue weighted by Crippen LogP contribution is -2.39. The van der Waals surface area contributed by atoms with Gasteiger partial charge in [0.25, 0.3) is 0 Å². The van der Waals surface area contributed by atoms with Gasteiger partial charge in [-0.2, -0.15) is 0 Å². The van der Waals surface area contributed by atoms with E-state index in [1.54, 1.807) is 0 Å². The van der Waals surface area contributed by atoms with E-state index in [9.17, 15) is 14.9 Å². The number of nitro benzene ring substituents is 1. The van der Waals surface area contributed by atoms with E-state index in [1.807, 2.05) is 13.8 Å². The van der Waals surface area contributed by atoms with E-state index in [0.29, 0.717) is 5.69 Å². The van der Waals surface area contributed by atoms with Gasteiger partial charge in [-0.05, 0) is 18.1 Å². The first kappa shape index (κ1) is 14.9. The summed E-state index contributed by atoms with van der Waals surface area (Å²) >= 11 is 0. The summed E-state index contributed by atoms with van der Waals surface area (Å²) in [6.07, 6.45) is 0. The predicted octanol–water partition coefficient (Wildman–Crippen LogP) is 1.53. The maximum Gasteiger partial charge on any atom is 0.312 e. The van der Waals surface area contributed by atoms with Crippen LogP contribution in [0.4, 0.5) is 11.4 Å². The molecule has 0 radical (unpaired) electrons. The van der Waals surface area contributed by atoms with Crippen LogP contribution in [0.3, 0.4) is 0 Å². The molecule has 0 bridgehead atoms. The van der Waals surface area contributed by atoms with E-state index in [2.05, 4.69) is 5.32 Å². The zero-order valence-corrected chi connectivity index (χ0v) is 11.0. The molecule has 0 saturated carbocycles. The summed E-state index contributed by atoms with van der Waals surface area (Å²) in [5.74, 6) is -0.265. The molecule has 0 heterocycles. The topological polar surface area (TPSA) is 107 Å². The van der Waals surface area contributed by atoms with Crippen molar-refractivity contribution in [1.82, 2.24) is 0 Å². The summed E-state index contributed by atoms with van der Waals surface area (Å²) in [4.78, 5) is 22.0. The van der Waals surface area contributed by atoms with Crippen molar-refractivity contribution in [2.75, 3.05) is 12.4 Å². The Morgan fingerprint density at radius 1 is 1.47 bits per heavy atom. The van der Waals surface area contributed by atoms with Gasteiger partial charge in [0, 0.05) is 11.8 Å². The summed E-state index contributed by atoms with van der Waals surface area (Å²) in [5, 5.41) is 13.4. The van der Waals surface area contributed by atoms with Gasteiger partial charge in [-0.1, -0.05) is 13.8 Å². The highest BCUT2D eigenvalue weighted by Gasteiger charge is 2.20. The lowest BCUT2D eigenvalue weighted by molar-refractivity contribution is -0.385. The van der Waals surface area contributed by atoms with Gasteiger partial charge in [0.05, 0.1) is 18.1 Å². The second kappa shape index (κ2) is 6.14. The molecule has 1 unspecified atom stereocenters. The molecule has 1 amide bonds. The Bertz CT molecular complexity index is 488. The van der Waals surface area contributed by atoms with Crippen LogP contribution in [0.5, 0.6) is 5.75 Å². The van der Waals surface area contributed by atoms with E-state index in [-0.39, 0.29) is 23.3 Å². The third-order valence-electron chi connectivity index (χ3n) is 2.66. The summed E-state index contributed by atoms with van der Waals surface area (Å²) in [6, 6.07) is 3.52. The third-order valence-corrected chi connectivity index (χ3v) is 2.66. The highest BCUT2D eigenvalue weighted by molar-refractivity contribution is 5.95. The van der Waals surface area contributed by atoms with Gasteiger partial charge in [0.1, 0.15) is 0 Å². The quantitative estimate of drug-likeness (QED) is 0.621. The third kappa shape index (κ3) is 3.65.